The Balaban J connectivity index is 1.87. The van der Waals surface area contributed by atoms with Crippen LogP contribution >= 0.6 is 0 Å². The quantitative estimate of drug-likeness (QED) is 0.541. The summed E-state index contributed by atoms with van der Waals surface area (Å²) in [5.74, 6) is -0.362. The lowest BCUT2D eigenvalue weighted by Gasteiger charge is -2.23. The van der Waals surface area contributed by atoms with E-state index in [1.54, 1.807) is 13.0 Å². The number of rotatable bonds is 2. The van der Waals surface area contributed by atoms with E-state index in [-0.39, 0.29) is 11.7 Å². The molecule has 22 heavy (non-hydrogen) atoms. The topological polar surface area (TPSA) is 0 Å². The van der Waals surface area contributed by atoms with E-state index < -0.39 is 0 Å². The summed E-state index contributed by atoms with van der Waals surface area (Å²) >= 11 is 0. The van der Waals surface area contributed by atoms with Crippen molar-refractivity contribution in [2.45, 2.75) is 52.4 Å². The van der Waals surface area contributed by atoms with Crippen LogP contribution in [0.4, 0.5) is 8.78 Å². The smallest absolute Gasteiger partial charge is 0.126 e. The number of allylic oxidation sites excluding steroid dienone is 12. The Morgan fingerprint density at radius 1 is 0.682 bits per heavy atom. The predicted molar refractivity (Wildman–Crippen MR) is 87.7 cm³/mol. The zero-order valence-corrected chi connectivity index (χ0v) is 13.3. The molecule has 0 aliphatic heterocycles. The molecule has 0 heterocycles. The van der Waals surface area contributed by atoms with Crippen LogP contribution in [-0.4, -0.2) is 0 Å². The molecule has 0 bridgehead atoms. The van der Waals surface area contributed by atoms with Crippen molar-refractivity contribution in [3.8, 4) is 0 Å². The Labute approximate surface area is 131 Å². The molecule has 0 saturated heterocycles. The second-order valence-electron chi connectivity index (χ2n) is 6.50. The zero-order chi connectivity index (χ0) is 15.7. The Kier molecular flexibility index (Phi) is 4.28. The Morgan fingerprint density at radius 2 is 1.36 bits per heavy atom. The van der Waals surface area contributed by atoms with Crippen molar-refractivity contribution in [1.82, 2.24) is 0 Å². The van der Waals surface area contributed by atoms with Crippen molar-refractivity contribution in [2.75, 3.05) is 0 Å². The Hall–Kier alpha value is -1.70. The molecule has 0 amide bonds. The summed E-state index contributed by atoms with van der Waals surface area (Å²) in [7, 11) is 0. The molecule has 0 aromatic heterocycles. The Morgan fingerprint density at radius 3 is 2.00 bits per heavy atom. The monoisotopic (exact) mass is 300 g/mol. The second kappa shape index (κ2) is 6.20. The van der Waals surface area contributed by atoms with E-state index in [9.17, 15) is 8.78 Å². The fourth-order valence-corrected chi connectivity index (χ4v) is 3.30. The first kappa shape index (κ1) is 15.2. The van der Waals surface area contributed by atoms with Crippen LogP contribution in [-0.2, 0) is 0 Å². The molecular weight excluding hydrogens is 278 g/mol. The summed E-state index contributed by atoms with van der Waals surface area (Å²) in [6, 6.07) is 0. The van der Waals surface area contributed by atoms with E-state index in [4.69, 9.17) is 0 Å². The molecule has 0 aromatic rings. The summed E-state index contributed by atoms with van der Waals surface area (Å²) in [6.07, 6.45) is 12.5. The largest absolute Gasteiger partial charge is 0.207 e. The van der Waals surface area contributed by atoms with Crippen molar-refractivity contribution in [3.63, 3.8) is 0 Å². The molecule has 0 radical (unpaired) electrons. The summed E-state index contributed by atoms with van der Waals surface area (Å²) in [6.45, 7) is 3.93. The molecule has 0 N–H and O–H groups in total. The zero-order valence-electron chi connectivity index (χ0n) is 13.3. The number of hydrogen-bond acceptors (Lipinski definition) is 0. The van der Waals surface area contributed by atoms with Gasteiger partial charge in [0.15, 0.2) is 0 Å². The van der Waals surface area contributed by atoms with Gasteiger partial charge in [-0.2, -0.15) is 0 Å². The maximum absolute atomic E-state index is 14.5. The van der Waals surface area contributed by atoms with Gasteiger partial charge in [-0.3, -0.25) is 0 Å². The lowest BCUT2D eigenvalue weighted by molar-refractivity contribution is 0.614. The summed E-state index contributed by atoms with van der Waals surface area (Å²) in [5.41, 5.74) is 6.04. The number of hydrogen-bond donors (Lipinski definition) is 0. The molecule has 0 atom stereocenters. The molecule has 0 nitrogen and oxygen atoms in total. The molecule has 3 aliphatic rings. The fraction of sp³-hybridized carbons (Fsp3) is 0.400. The Bertz CT molecular complexity index is 678. The minimum absolute atomic E-state index is 0.174. The molecule has 0 spiro atoms. The highest BCUT2D eigenvalue weighted by Gasteiger charge is 2.21. The van der Waals surface area contributed by atoms with Crippen LogP contribution < -0.4 is 0 Å². The van der Waals surface area contributed by atoms with Crippen LogP contribution in [0.2, 0.25) is 0 Å². The van der Waals surface area contributed by atoms with Gasteiger partial charge in [0.1, 0.15) is 11.7 Å². The third kappa shape index (κ3) is 3.06. The van der Waals surface area contributed by atoms with Gasteiger partial charge >= 0.3 is 0 Å². The summed E-state index contributed by atoms with van der Waals surface area (Å²) < 4.78 is 28.3. The maximum Gasteiger partial charge on any atom is 0.126 e. The second-order valence-corrected chi connectivity index (χ2v) is 6.50. The van der Waals surface area contributed by atoms with Gasteiger partial charge in [0, 0.05) is 0 Å². The van der Waals surface area contributed by atoms with Crippen LogP contribution in [0.1, 0.15) is 52.4 Å². The SMILES string of the molecule is CC1=CC=C(C2=CC(F)=C(C3=CC(F)=C(C)CC3)CC2)CC1. The molecule has 3 rings (SSSR count). The first-order chi connectivity index (χ1) is 10.5. The molecule has 2 heteroatoms. The lowest BCUT2D eigenvalue weighted by Crippen LogP contribution is -2.05. The van der Waals surface area contributed by atoms with Crippen molar-refractivity contribution in [1.29, 1.82) is 0 Å². The van der Waals surface area contributed by atoms with E-state index in [0.29, 0.717) is 18.4 Å². The normalized spacial score (nSPS) is 23.1. The van der Waals surface area contributed by atoms with Gasteiger partial charge in [0.2, 0.25) is 0 Å². The molecular formula is C20H22F2. The molecule has 0 saturated carbocycles. The van der Waals surface area contributed by atoms with Gasteiger partial charge in [-0.15, -0.1) is 0 Å². The first-order valence-corrected chi connectivity index (χ1v) is 8.06. The molecule has 0 unspecified atom stereocenters. The summed E-state index contributed by atoms with van der Waals surface area (Å²) in [4.78, 5) is 0. The van der Waals surface area contributed by atoms with Crippen LogP contribution in [0.5, 0.6) is 0 Å². The minimum Gasteiger partial charge on any atom is -0.207 e. The third-order valence-corrected chi connectivity index (χ3v) is 4.87. The van der Waals surface area contributed by atoms with Crippen molar-refractivity contribution in [3.05, 3.63) is 69.4 Å². The minimum atomic E-state index is -0.188. The highest BCUT2D eigenvalue weighted by molar-refractivity contribution is 5.50. The fourth-order valence-electron chi connectivity index (χ4n) is 3.30. The molecule has 3 aliphatic carbocycles. The highest BCUT2D eigenvalue weighted by Crippen LogP contribution is 2.39. The van der Waals surface area contributed by atoms with Crippen LogP contribution in [0.25, 0.3) is 0 Å². The summed E-state index contributed by atoms with van der Waals surface area (Å²) in [5, 5.41) is 0. The first-order valence-electron chi connectivity index (χ1n) is 8.06. The highest BCUT2D eigenvalue weighted by atomic mass is 19.1. The van der Waals surface area contributed by atoms with Crippen LogP contribution in [0, 0.1) is 0 Å². The van der Waals surface area contributed by atoms with Crippen molar-refractivity contribution in [2.24, 2.45) is 0 Å². The van der Waals surface area contributed by atoms with Gasteiger partial charge in [0.25, 0.3) is 0 Å². The standard InChI is InChI=1S/C20H22F2/c1-13-3-6-15(7-4-13)16-9-10-18(20(22)11-16)17-8-5-14(2)19(21)12-17/h3,6,11-12H,4-5,7-10H2,1-2H3. The molecule has 0 fully saturated rings. The molecule has 116 valence electrons. The van der Waals surface area contributed by atoms with Gasteiger partial charge in [-0.25, -0.2) is 8.78 Å². The van der Waals surface area contributed by atoms with E-state index >= 15 is 0 Å². The lowest BCUT2D eigenvalue weighted by atomic mass is 9.83. The van der Waals surface area contributed by atoms with Gasteiger partial charge < -0.3 is 0 Å². The van der Waals surface area contributed by atoms with E-state index in [1.165, 1.54) is 17.2 Å². The van der Waals surface area contributed by atoms with Crippen molar-refractivity contribution < 1.29 is 8.78 Å². The third-order valence-electron chi connectivity index (χ3n) is 4.87. The average Bonchev–Trinajstić information content (AvgIpc) is 2.51. The predicted octanol–water partition coefficient (Wildman–Crippen LogP) is 6.56. The van der Waals surface area contributed by atoms with Gasteiger partial charge in [-0.05, 0) is 92.4 Å². The van der Waals surface area contributed by atoms with E-state index in [0.717, 1.165) is 42.4 Å². The van der Waals surface area contributed by atoms with Crippen LogP contribution in [0.3, 0.4) is 0 Å². The van der Waals surface area contributed by atoms with E-state index in [2.05, 4.69) is 19.1 Å². The maximum atomic E-state index is 14.5. The van der Waals surface area contributed by atoms with Gasteiger partial charge in [0.05, 0.1) is 0 Å². The number of halogens is 2. The van der Waals surface area contributed by atoms with E-state index in [1.807, 2.05) is 0 Å². The average molecular weight is 300 g/mol. The van der Waals surface area contributed by atoms with Crippen molar-refractivity contribution >= 4 is 0 Å². The molecule has 0 aromatic carbocycles. The van der Waals surface area contributed by atoms with Crippen LogP contribution in [0.15, 0.2) is 69.4 Å². The van der Waals surface area contributed by atoms with Gasteiger partial charge in [-0.1, -0.05) is 17.7 Å².